The predicted octanol–water partition coefficient (Wildman–Crippen LogP) is 4.84. The Kier molecular flexibility index (Phi) is 5.72. The minimum absolute atomic E-state index is 0.339. The van der Waals surface area contributed by atoms with Crippen molar-refractivity contribution < 1.29 is 14.6 Å². The van der Waals surface area contributed by atoms with E-state index in [4.69, 9.17) is 9.84 Å². The number of thiophene rings is 1. The monoisotopic (exact) mass is 612 g/mol. The molecule has 0 bridgehead atoms. The van der Waals surface area contributed by atoms with Gasteiger partial charge >= 0.3 is 5.97 Å². The summed E-state index contributed by atoms with van der Waals surface area (Å²) in [7, 11) is 0. The minimum Gasteiger partial charge on any atom is -0.486 e. The maximum absolute atomic E-state index is 10.8. The van der Waals surface area contributed by atoms with Gasteiger partial charge in [-0.1, -0.05) is 0 Å². The molecule has 0 aliphatic rings. The lowest BCUT2D eigenvalue weighted by Gasteiger charge is -2.10. The first-order chi connectivity index (χ1) is 8.97. The lowest BCUT2D eigenvalue weighted by atomic mass is 10.3. The van der Waals surface area contributed by atoms with Crippen LogP contribution >= 0.6 is 79.1 Å². The van der Waals surface area contributed by atoms with E-state index < -0.39 is 5.97 Å². The molecule has 0 unspecified atom stereocenters. The molecule has 0 aliphatic heterocycles. The van der Waals surface area contributed by atoms with Crippen LogP contribution in [-0.4, -0.2) is 11.1 Å². The van der Waals surface area contributed by atoms with Crippen molar-refractivity contribution in [2.75, 3.05) is 0 Å². The zero-order valence-electron chi connectivity index (χ0n) is 9.32. The number of rotatable bonds is 4. The maximum atomic E-state index is 10.8. The molecular weight excluding hydrogens is 605 g/mol. The fourth-order valence-corrected chi connectivity index (χ4v) is 6.03. The van der Waals surface area contributed by atoms with Gasteiger partial charge in [0.05, 0.1) is 7.14 Å². The summed E-state index contributed by atoms with van der Waals surface area (Å²) in [5, 5.41) is 8.87. The highest BCUT2D eigenvalue weighted by atomic mass is 127. The molecule has 0 atom stereocenters. The Morgan fingerprint density at radius 3 is 2.37 bits per heavy atom. The summed E-state index contributed by atoms with van der Waals surface area (Å²) in [6.07, 6.45) is 0. The van der Waals surface area contributed by atoms with Crippen molar-refractivity contribution in [1.82, 2.24) is 0 Å². The summed E-state index contributed by atoms with van der Waals surface area (Å²) in [5.74, 6) is -0.0402. The Bertz CT molecular complexity index is 601. The van der Waals surface area contributed by atoms with Crippen LogP contribution in [0.15, 0.2) is 24.3 Å². The zero-order chi connectivity index (χ0) is 14.0. The van der Waals surface area contributed by atoms with Gasteiger partial charge in [0.25, 0.3) is 0 Å². The average Bonchev–Trinajstić information content (AvgIpc) is 2.76. The molecule has 1 aromatic heterocycles. The smallest absolute Gasteiger partial charge is 0.345 e. The van der Waals surface area contributed by atoms with Crippen LogP contribution in [0, 0.1) is 10.7 Å². The van der Waals surface area contributed by atoms with E-state index in [-0.39, 0.29) is 0 Å². The van der Waals surface area contributed by atoms with Gasteiger partial charge in [-0.05, 0) is 92.0 Å². The van der Waals surface area contributed by atoms with Crippen LogP contribution in [0.5, 0.6) is 5.75 Å². The first-order valence-electron chi connectivity index (χ1n) is 5.06. The molecule has 0 amide bonds. The quantitative estimate of drug-likeness (QED) is 0.504. The van der Waals surface area contributed by atoms with Crippen LogP contribution < -0.4 is 4.74 Å². The maximum Gasteiger partial charge on any atom is 0.345 e. The molecule has 1 aromatic carbocycles. The normalized spacial score (nSPS) is 10.5. The molecule has 0 spiro atoms. The number of carbonyl (C=O) groups is 1. The van der Waals surface area contributed by atoms with Crippen LogP contribution in [0.25, 0.3) is 0 Å². The molecule has 0 saturated heterocycles. The van der Waals surface area contributed by atoms with Crippen LogP contribution in [0.2, 0.25) is 0 Å². The molecule has 3 nitrogen and oxygen atoms in total. The van der Waals surface area contributed by atoms with Crippen molar-refractivity contribution in [3.8, 4) is 5.75 Å². The molecule has 100 valence electrons. The second kappa shape index (κ2) is 6.89. The fraction of sp³-hybridized carbons (Fsp3) is 0.0833. The molecular formula is C12H7I3O3S. The molecule has 0 aliphatic carbocycles. The van der Waals surface area contributed by atoms with Crippen LogP contribution in [0.1, 0.15) is 14.5 Å². The second-order valence-electron chi connectivity index (χ2n) is 3.56. The minimum atomic E-state index is -0.894. The van der Waals surface area contributed by atoms with E-state index in [1.165, 1.54) is 14.9 Å². The summed E-state index contributed by atoms with van der Waals surface area (Å²) < 4.78 is 9.09. The first kappa shape index (κ1) is 15.8. The van der Waals surface area contributed by atoms with E-state index in [1.54, 1.807) is 12.1 Å². The highest BCUT2D eigenvalue weighted by Crippen LogP contribution is 2.30. The second-order valence-corrected chi connectivity index (χ2v) is 8.30. The van der Waals surface area contributed by atoms with Gasteiger partial charge in [0.2, 0.25) is 0 Å². The molecule has 7 heteroatoms. The number of hydrogen-bond acceptors (Lipinski definition) is 3. The molecule has 0 radical (unpaired) electrons. The summed E-state index contributed by atoms with van der Waals surface area (Å²) in [4.78, 5) is 12.0. The number of benzene rings is 1. The zero-order valence-corrected chi connectivity index (χ0v) is 16.6. The lowest BCUT2D eigenvalue weighted by molar-refractivity contribution is 0.0702. The fourth-order valence-electron chi connectivity index (χ4n) is 1.38. The van der Waals surface area contributed by atoms with E-state index in [2.05, 4.69) is 79.9 Å². The van der Waals surface area contributed by atoms with Gasteiger partial charge in [0.15, 0.2) is 0 Å². The van der Waals surface area contributed by atoms with Gasteiger partial charge in [-0.3, -0.25) is 0 Å². The van der Waals surface area contributed by atoms with Crippen molar-refractivity contribution in [2.24, 2.45) is 0 Å². The highest BCUT2D eigenvalue weighted by Gasteiger charge is 2.11. The van der Waals surface area contributed by atoms with Crippen molar-refractivity contribution in [3.63, 3.8) is 0 Å². The number of carboxylic acid groups (broad SMARTS) is 1. The molecule has 19 heavy (non-hydrogen) atoms. The first-order valence-corrected chi connectivity index (χ1v) is 9.12. The van der Waals surface area contributed by atoms with Crippen LogP contribution in [0.4, 0.5) is 0 Å². The van der Waals surface area contributed by atoms with E-state index in [0.29, 0.717) is 11.5 Å². The summed E-state index contributed by atoms with van der Waals surface area (Å²) >= 11 is 8.00. The van der Waals surface area contributed by atoms with Crippen LogP contribution in [-0.2, 0) is 6.61 Å². The summed E-state index contributed by atoms with van der Waals surface area (Å²) in [5.41, 5.74) is 0. The van der Waals surface area contributed by atoms with Gasteiger partial charge in [0.1, 0.15) is 17.2 Å². The molecule has 2 aromatic rings. The molecule has 0 saturated carbocycles. The highest BCUT2D eigenvalue weighted by molar-refractivity contribution is 14.1. The van der Waals surface area contributed by atoms with Gasteiger partial charge in [-0.25, -0.2) is 4.79 Å². The lowest BCUT2D eigenvalue weighted by Crippen LogP contribution is -1.98. The largest absolute Gasteiger partial charge is 0.486 e. The number of halogens is 3. The Labute approximate surface area is 155 Å². The third-order valence-corrected chi connectivity index (χ3v) is 5.47. The summed E-state index contributed by atoms with van der Waals surface area (Å²) in [6.45, 7) is 0.393. The molecule has 0 fully saturated rings. The number of ether oxygens (including phenoxy) is 1. The summed E-state index contributed by atoms with van der Waals surface area (Å²) in [6, 6.07) is 7.50. The van der Waals surface area contributed by atoms with Gasteiger partial charge in [-0.2, -0.15) is 0 Å². The van der Waals surface area contributed by atoms with Crippen molar-refractivity contribution in [3.05, 3.63) is 44.7 Å². The van der Waals surface area contributed by atoms with Crippen molar-refractivity contribution in [1.29, 1.82) is 0 Å². The third kappa shape index (κ3) is 4.17. The molecule has 1 heterocycles. The van der Waals surface area contributed by atoms with E-state index in [1.807, 2.05) is 0 Å². The topological polar surface area (TPSA) is 46.5 Å². The van der Waals surface area contributed by atoms with E-state index in [0.717, 1.165) is 17.8 Å². The number of hydrogen-bond donors (Lipinski definition) is 1. The Morgan fingerprint density at radius 1 is 1.21 bits per heavy atom. The number of aromatic carboxylic acids is 1. The Morgan fingerprint density at radius 2 is 1.84 bits per heavy atom. The average molecular weight is 612 g/mol. The van der Waals surface area contributed by atoms with Crippen molar-refractivity contribution in [2.45, 2.75) is 6.61 Å². The van der Waals surface area contributed by atoms with Crippen LogP contribution in [0.3, 0.4) is 0 Å². The Balaban J connectivity index is 2.12. The molecule has 2 rings (SSSR count). The SMILES string of the molecule is O=C(O)c1ccc(COc2c(I)cc(I)cc2I)s1. The standard InChI is InChI=1S/C12H7I3O3S/c13-6-3-8(14)11(9(15)4-6)18-5-7-1-2-10(19-7)12(16)17/h1-4H,5H2,(H,16,17). The van der Waals surface area contributed by atoms with Gasteiger partial charge < -0.3 is 9.84 Å². The predicted molar refractivity (Wildman–Crippen MR) is 100 cm³/mol. The third-order valence-electron chi connectivity index (χ3n) is 2.19. The Hall–Kier alpha value is 0.380. The van der Waals surface area contributed by atoms with Gasteiger partial charge in [-0.15, -0.1) is 11.3 Å². The van der Waals surface area contributed by atoms with Crippen molar-refractivity contribution >= 4 is 85.1 Å². The van der Waals surface area contributed by atoms with E-state index in [9.17, 15) is 4.79 Å². The number of carboxylic acids is 1. The molecule has 1 N–H and O–H groups in total. The van der Waals surface area contributed by atoms with Gasteiger partial charge in [0, 0.05) is 8.45 Å². The van der Waals surface area contributed by atoms with E-state index >= 15 is 0 Å².